The number of carbonyl (C=O) groups excluding carboxylic acids is 1. The number of aliphatic carboxylic acids is 1. The molecule has 0 saturated carbocycles. The fourth-order valence-corrected chi connectivity index (χ4v) is 2.66. The van der Waals surface area contributed by atoms with Crippen LogP contribution in [0.15, 0.2) is 42.5 Å². The smallest absolute Gasteiger partial charge is 0.308 e. The molecule has 1 atom stereocenters. The third-order valence-corrected chi connectivity index (χ3v) is 3.89. The van der Waals surface area contributed by atoms with Gasteiger partial charge in [-0.25, -0.2) is 8.78 Å². The Morgan fingerprint density at radius 1 is 1.13 bits per heavy atom. The van der Waals surface area contributed by atoms with Gasteiger partial charge in [0.15, 0.2) is 0 Å². The number of carbonyl (C=O) groups is 2. The minimum Gasteiger partial charge on any atom is -0.481 e. The molecule has 118 valence electrons. The molecule has 1 heterocycles. The summed E-state index contributed by atoms with van der Waals surface area (Å²) in [6, 6.07) is 9.56. The highest BCUT2D eigenvalue weighted by molar-refractivity contribution is 5.99. The first kappa shape index (κ1) is 15.1. The van der Waals surface area contributed by atoms with E-state index < -0.39 is 23.5 Å². The van der Waals surface area contributed by atoms with Crippen LogP contribution in [0.5, 0.6) is 0 Å². The van der Waals surface area contributed by atoms with Gasteiger partial charge in [-0.3, -0.25) is 9.59 Å². The molecule has 0 bridgehead atoms. The van der Waals surface area contributed by atoms with Crippen LogP contribution in [0, 0.1) is 17.6 Å². The number of rotatable bonds is 3. The summed E-state index contributed by atoms with van der Waals surface area (Å²) < 4.78 is 27.0. The number of hydrogen-bond acceptors (Lipinski definition) is 2. The molecule has 1 unspecified atom stereocenters. The lowest BCUT2D eigenvalue weighted by Crippen LogP contribution is -2.25. The topological polar surface area (TPSA) is 57.6 Å². The van der Waals surface area contributed by atoms with Gasteiger partial charge in [0.1, 0.15) is 11.6 Å². The molecule has 1 amide bonds. The van der Waals surface area contributed by atoms with Crippen LogP contribution in [0.1, 0.15) is 6.42 Å². The molecule has 0 aliphatic carbocycles. The number of amides is 1. The summed E-state index contributed by atoms with van der Waals surface area (Å²) in [6.45, 7) is 0.113. The lowest BCUT2D eigenvalue weighted by atomic mass is 10.0. The summed E-state index contributed by atoms with van der Waals surface area (Å²) in [5.74, 6) is -3.06. The Bertz CT molecular complexity index is 774. The van der Waals surface area contributed by atoms with Crippen molar-refractivity contribution in [3.05, 3.63) is 54.1 Å². The van der Waals surface area contributed by atoms with E-state index in [1.165, 1.54) is 4.90 Å². The third-order valence-electron chi connectivity index (χ3n) is 3.89. The summed E-state index contributed by atoms with van der Waals surface area (Å²) in [5, 5.41) is 8.99. The van der Waals surface area contributed by atoms with Crippen molar-refractivity contribution in [1.82, 2.24) is 0 Å². The Kier molecular flexibility index (Phi) is 3.82. The minimum absolute atomic E-state index is 0.0321. The molecule has 2 aromatic carbocycles. The van der Waals surface area contributed by atoms with Crippen molar-refractivity contribution >= 4 is 17.6 Å². The summed E-state index contributed by atoms with van der Waals surface area (Å²) in [7, 11) is 0. The SMILES string of the molecule is O=C(O)C1CC(=O)N(c2ccc(-c3cc(F)ccc3F)cc2)C1. The lowest BCUT2D eigenvalue weighted by Gasteiger charge is -2.16. The average Bonchev–Trinajstić information content (AvgIpc) is 2.92. The van der Waals surface area contributed by atoms with Gasteiger partial charge in [0.25, 0.3) is 0 Å². The van der Waals surface area contributed by atoms with Crippen LogP contribution in [0.3, 0.4) is 0 Å². The van der Waals surface area contributed by atoms with Gasteiger partial charge in [0.05, 0.1) is 5.92 Å². The highest BCUT2D eigenvalue weighted by Gasteiger charge is 2.34. The van der Waals surface area contributed by atoms with Crippen molar-refractivity contribution in [2.24, 2.45) is 5.92 Å². The maximum atomic E-state index is 13.8. The lowest BCUT2D eigenvalue weighted by molar-refractivity contribution is -0.141. The second-order valence-electron chi connectivity index (χ2n) is 5.41. The summed E-state index contributed by atoms with van der Waals surface area (Å²) in [5.41, 5.74) is 1.15. The van der Waals surface area contributed by atoms with Crippen LogP contribution in [-0.4, -0.2) is 23.5 Å². The van der Waals surface area contributed by atoms with E-state index in [0.717, 1.165) is 18.2 Å². The predicted octanol–water partition coefficient (Wildman–Crippen LogP) is 3.07. The van der Waals surface area contributed by atoms with E-state index in [-0.39, 0.29) is 24.4 Å². The number of benzene rings is 2. The largest absolute Gasteiger partial charge is 0.481 e. The molecule has 2 aromatic rings. The van der Waals surface area contributed by atoms with E-state index in [1.54, 1.807) is 24.3 Å². The monoisotopic (exact) mass is 317 g/mol. The van der Waals surface area contributed by atoms with Gasteiger partial charge < -0.3 is 10.0 Å². The Labute approximate surface area is 131 Å². The number of hydrogen-bond donors (Lipinski definition) is 1. The highest BCUT2D eigenvalue weighted by Crippen LogP contribution is 2.29. The number of halogens is 2. The quantitative estimate of drug-likeness (QED) is 0.946. The van der Waals surface area contributed by atoms with Crippen LogP contribution < -0.4 is 4.90 Å². The molecule has 0 spiro atoms. The molecule has 3 rings (SSSR count). The highest BCUT2D eigenvalue weighted by atomic mass is 19.1. The fraction of sp³-hybridized carbons (Fsp3) is 0.176. The first-order valence-corrected chi connectivity index (χ1v) is 7.04. The molecule has 1 fully saturated rings. The molecule has 0 aromatic heterocycles. The van der Waals surface area contributed by atoms with Gasteiger partial charge >= 0.3 is 5.97 Å². The zero-order chi connectivity index (χ0) is 16.6. The Hall–Kier alpha value is -2.76. The van der Waals surface area contributed by atoms with Crippen molar-refractivity contribution in [1.29, 1.82) is 0 Å². The number of anilines is 1. The molecule has 1 aliphatic heterocycles. The van der Waals surface area contributed by atoms with Crippen LogP contribution in [0.4, 0.5) is 14.5 Å². The van der Waals surface area contributed by atoms with E-state index in [2.05, 4.69) is 0 Å². The molecule has 1 N–H and O–H groups in total. The number of carboxylic acids is 1. The van der Waals surface area contributed by atoms with Gasteiger partial charge in [0.2, 0.25) is 5.91 Å². The molecule has 1 saturated heterocycles. The van der Waals surface area contributed by atoms with Crippen molar-refractivity contribution in [3.63, 3.8) is 0 Å². The van der Waals surface area contributed by atoms with Crippen molar-refractivity contribution in [2.75, 3.05) is 11.4 Å². The van der Waals surface area contributed by atoms with Gasteiger partial charge in [-0.05, 0) is 35.9 Å². The fourth-order valence-electron chi connectivity index (χ4n) is 2.66. The van der Waals surface area contributed by atoms with E-state index in [9.17, 15) is 18.4 Å². The minimum atomic E-state index is -1.00. The Balaban J connectivity index is 1.87. The van der Waals surface area contributed by atoms with E-state index in [0.29, 0.717) is 11.3 Å². The summed E-state index contributed by atoms with van der Waals surface area (Å²) >= 11 is 0. The Morgan fingerprint density at radius 3 is 2.43 bits per heavy atom. The molecule has 0 radical (unpaired) electrons. The van der Waals surface area contributed by atoms with Crippen molar-refractivity contribution in [3.8, 4) is 11.1 Å². The van der Waals surface area contributed by atoms with Gasteiger partial charge in [-0.1, -0.05) is 12.1 Å². The standard InChI is InChI=1S/C17H13F2NO3/c18-12-3-6-15(19)14(8-12)10-1-4-13(5-2-10)20-9-11(17(22)23)7-16(20)21/h1-6,8,11H,7,9H2,(H,22,23). The van der Waals surface area contributed by atoms with Crippen LogP contribution >= 0.6 is 0 Å². The zero-order valence-corrected chi connectivity index (χ0v) is 12.0. The van der Waals surface area contributed by atoms with Crippen LogP contribution in [-0.2, 0) is 9.59 Å². The normalized spacial score (nSPS) is 17.6. The number of carboxylic acid groups (broad SMARTS) is 1. The first-order chi connectivity index (χ1) is 11.0. The van der Waals surface area contributed by atoms with Crippen molar-refractivity contribution in [2.45, 2.75) is 6.42 Å². The van der Waals surface area contributed by atoms with Gasteiger partial charge in [-0.2, -0.15) is 0 Å². The molecular weight excluding hydrogens is 304 g/mol. The number of nitrogens with zero attached hydrogens (tertiary/aromatic N) is 1. The second-order valence-corrected chi connectivity index (χ2v) is 5.41. The van der Waals surface area contributed by atoms with Crippen molar-refractivity contribution < 1.29 is 23.5 Å². The van der Waals surface area contributed by atoms with E-state index >= 15 is 0 Å². The van der Waals surface area contributed by atoms with E-state index in [4.69, 9.17) is 5.11 Å². The maximum absolute atomic E-state index is 13.8. The third kappa shape index (κ3) is 2.92. The van der Waals surface area contributed by atoms with Gasteiger partial charge in [-0.15, -0.1) is 0 Å². The zero-order valence-electron chi connectivity index (χ0n) is 12.0. The first-order valence-electron chi connectivity index (χ1n) is 7.04. The molecule has 23 heavy (non-hydrogen) atoms. The molecule has 1 aliphatic rings. The van der Waals surface area contributed by atoms with Crippen LogP contribution in [0.25, 0.3) is 11.1 Å². The maximum Gasteiger partial charge on any atom is 0.308 e. The summed E-state index contributed by atoms with van der Waals surface area (Å²) in [4.78, 5) is 24.3. The predicted molar refractivity (Wildman–Crippen MR) is 79.9 cm³/mol. The molecular formula is C17H13F2NO3. The van der Waals surface area contributed by atoms with E-state index in [1.807, 2.05) is 0 Å². The Morgan fingerprint density at radius 2 is 1.83 bits per heavy atom. The molecule has 6 heteroatoms. The van der Waals surface area contributed by atoms with Crippen LogP contribution in [0.2, 0.25) is 0 Å². The second kappa shape index (κ2) is 5.79. The molecule has 4 nitrogen and oxygen atoms in total. The summed E-state index contributed by atoms with van der Waals surface area (Å²) in [6.07, 6.45) is -0.0321. The van der Waals surface area contributed by atoms with Gasteiger partial charge in [0, 0.05) is 24.2 Å². The average molecular weight is 317 g/mol.